The van der Waals surface area contributed by atoms with Crippen LogP contribution in [0, 0.1) is 11.8 Å². The van der Waals surface area contributed by atoms with Gasteiger partial charge in [0, 0.05) is 43.5 Å². The number of rotatable bonds is 2. The number of nitrogens with two attached hydrogens (primary N) is 2. The van der Waals surface area contributed by atoms with Gasteiger partial charge in [0.1, 0.15) is 12.0 Å². The second-order valence-electron chi connectivity index (χ2n) is 7.06. The first-order valence-electron chi connectivity index (χ1n) is 9.01. The highest BCUT2D eigenvalue weighted by Crippen LogP contribution is 2.25. The van der Waals surface area contributed by atoms with Crippen molar-refractivity contribution in [3.05, 3.63) is 59.3 Å². The molecule has 1 aromatic carbocycles. The Morgan fingerprint density at radius 2 is 2.24 bits per heavy atom. The predicted molar refractivity (Wildman–Crippen MR) is 105 cm³/mol. The van der Waals surface area contributed by atoms with Crippen LogP contribution in [0.1, 0.15) is 17.5 Å². The molecule has 0 aromatic heterocycles. The lowest BCUT2D eigenvalue weighted by atomic mass is 10.0. The van der Waals surface area contributed by atoms with Crippen molar-refractivity contribution >= 4 is 17.5 Å². The van der Waals surface area contributed by atoms with E-state index >= 15 is 0 Å². The number of likely N-dealkylation sites (N-methyl/N-ethyl adjacent to an activating group) is 1. The number of hydrogen-bond donors (Lipinski definition) is 4. The van der Waals surface area contributed by atoms with Crippen LogP contribution in [0.4, 0.5) is 0 Å². The second-order valence-corrected chi connectivity index (χ2v) is 7.06. The SMILES string of the molecule is CN1CC[C@@](O)(C#Cc2cccc(C3=NC(C(N)=O)=C(N)N4C=CNC34)c2)C1=O. The van der Waals surface area contributed by atoms with E-state index in [0.717, 1.165) is 0 Å². The van der Waals surface area contributed by atoms with Crippen LogP contribution < -0.4 is 16.8 Å². The molecule has 148 valence electrons. The summed E-state index contributed by atoms with van der Waals surface area (Å²) in [7, 11) is 1.63. The molecule has 6 N–H and O–H groups in total. The predicted octanol–water partition coefficient (Wildman–Crippen LogP) is -1.25. The van der Waals surface area contributed by atoms with Gasteiger partial charge >= 0.3 is 0 Å². The van der Waals surface area contributed by atoms with Gasteiger partial charge < -0.3 is 31.7 Å². The number of hydrogen-bond acceptors (Lipinski definition) is 7. The third-order valence-electron chi connectivity index (χ3n) is 5.09. The van der Waals surface area contributed by atoms with Crippen LogP contribution in [0.2, 0.25) is 0 Å². The van der Waals surface area contributed by atoms with Crippen LogP contribution in [0.5, 0.6) is 0 Å². The van der Waals surface area contributed by atoms with Crippen LogP contribution >= 0.6 is 0 Å². The molecule has 0 saturated carbocycles. The van der Waals surface area contributed by atoms with Crippen molar-refractivity contribution in [2.24, 2.45) is 16.5 Å². The summed E-state index contributed by atoms with van der Waals surface area (Å²) in [6, 6.07) is 7.15. The molecule has 29 heavy (non-hydrogen) atoms. The summed E-state index contributed by atoms with van der Waals surface area (Å²) in [5.41, 5.74) is 11.6. The molecule has 9 nitrogen and oxygen atoms in total. The van der Waals surface area contributed by atoms with Gasteiger partial charge in [-0.15, -0.1) is 0 Å². The van der Waals surface area contributed by atoms with E-state index in [1.165, 1.54) is 4.90 Å². The first-order valence-corrected chi connectivity index (χ1v) is 9.01. The fraction of sp³-hybridized carbons (Fsp3) is 0.250. The normalized spacial score (nSPS) is 25.4. The van der Waals surface area contributed by atoms with E-state index in [1.807, 2.05) is 6.07 Å². The van der Waals surface area contributed by atoms with Crippen LogP contribution in [-0.2, 0) is 9.59 Å². The molecule has 0 spiro atoms. The number of nitrogens with zero attached hydrogens (tertiary/aromatic N) is 3. The monoisotopic (exact) mass is 392 g/mol. The lowest BCUT2D eigenvalue weighted by molar-refractivity contribution is -0.137. The smallest absolute Gasteiger partial charge is 0.271 e. The second kappa shape index (κ2) is 6.68. The van der Waals surface area contributed by atoms with E-state index in [4.69, 9.17) is 11.5 Å². The van der Waals surface area contributed by atoms with E-state index in [1.54, 1.807) is 42.5 Å². The summed E-state index contributed by atoms with van der Waals surface area (Å²) in [5.74, 6) is 4.63. The first-order chi connectivity index (χ1) is 13.8. The summed E-state index contributed by atoms with van der Waals surface area (Å²) >= 11 is 0. The minimum Gasteiger partial charge on any atom is -0.383 e. The van der Waals surface area contributed by atoms with Gasteiger partial charge in [-0.1, -0.05) is 24.0 Å². The number of carbonyl (C=O) groups is 2. The summed E-state index contributed by atoms with van der Waals surface area (Å²) in [6.45, 7) is 0.459. The largest absolute Gasteiger partial charge is 0.383 e. The molecular weight excluding hydrogens is 372 g/mol. The van der Waals surface area contributed by atoms with E-state index in [9.17, 15) is 14.7 Å². The average Bonchev–Trinajstić information content (AvgIpc) is 3.29. The minimum atomic E-state index is -1.67. The van der Waals surface area contributed by atoms with Gasteiger partial charge in [0.2, 0.25) is 5.60 Å². The zero-order chi connectivity index (χ0) is 20.8. The molecule has 2 atom stereocenters. The Morgan fingerprint density at radius 1 is 1.45 bits per heavy atom. The summed E-state index contributed by atoms with van der Waals surface area (Å²) in [6.07, 6.45) is 3.30. The first kappa shape index (κ1) is 18.6. The molecule has 1 unspecified atom stereocenters. The third-order valence-corrected chi connectivity index (χ3v) is 5.09. The maximum Gasteiger partial charge on any atom is 0.271 e. The molecule has 1 fully saturated rings. The number of benzene rings is 1. The van der Waals surface area contributed by atoms with E-state index in [2.05, 4.69) is 22.2 Å². The molecule has 1 aromatic rings. The van der Waals surface area contributed by atoms with Crippen molar-refractivity contribution in [2.75, 3.05) is 13.6 Å². The quantitative estimate of drug-likeness (QED) is 0.464. The van der Waals surface area contributed by atoms with Crippen molar-refractivity contribution in [2.45, 2.75) is 18.2 Å². The summed E-state index contributed by atoms with van der Waals surface area (Å²) in [4.78, 5) is 31.4. The topological polar surface area (TPSA) is 137 Å². The molecule has 4 rings (SSSR count). The van der Waals surface area contributed by atoms with Gasteiger partial charge in [0.25, 0.3) is 11.8 Å². The molecule has 3 aliphatic rings. The van der Waals surface area contributed by atoms with Crippen LogP contribution in [-0.4, -0.2) is 57.8 Å². The molecule has 1 saturated heterocycles. The van der Waals surface area contributed by atoms with Crippen molar-refractivity contribution in [3.63, 3.8) is 0 Å². The Kier molecular flexibility index (Phi) is 4.28. The van der Waals surface area contributed by atoms with Crippen molar-refractivity contribution in [1.82, 2.24) is 15.1 Å². The number of nitrogens with one attached hydrogen (secondary N) is 1. The molecular formula is C20H20N6O3. The summed E-state index contributed by atoms with van der Waals surface area (Å²) in [5, 5.41) is 13.6. The number of likely N-dealkylation sites (tertiary alicyclic amines) is 1. The summed E-state index contributed by atoms with van der Waals surface area (Å²) < 4.78 is 0. The fourth-order valence-electron chi connectivity index (χ4n) is 3.48. The molecule has 0 radical (unpaired) electrons. The Balaban J connectivity index is 1.70. The van der Waals surface area contributed by atoms with Gasteiger partial charge in [-0.05, 0) is 12.1 Å². The van der Waals surface area contributed by atoms with Gasteiger partial charge in [-0.2, -0.15) is 0 Å². The average molecular weight is 392 g/mol. The van der Waals surface area contributed by atoms with Crippen molar-refractivity contribution in [1.29, 1.82) is 0 Å². The molecule has 3 aliphatic heterocycles. The lowest BCUT2D eigenvalue weighted by Crippen LogP contribution is -2.48. The molecule has 0 aliphatic carbocycles. The maximum absolute atomic E-state index is 12.1. The number of aliphatic imine (C=N–C) groups is 1. The van der Waals surface area contributed by atoms with Crippen LogP contribution in [0.3, 0.4) is 0 Å². The zero-order valence-corrected chi connectivity index (χ0v) is 15.7. The highest BCUT2D eigenvalue weighted by Gasteiger charge is 2.42. The standard InChI is InChI=1S/C20H20N6O3/c1-25-9-7-20(29,19(25)28)6-5-12-3-2-4-13(11-12)14-18-23-8-10-26(18)16(21)15(24-14)17(22)27/h2-4,8,10-11,18,23,29H,7,9,21H2,1H3,(H2,22,27)/t18?,20-/m0/s1. The van der Waals surface area contributed by atoms with E-state index in [0.29, 0.717) is 23.4 Å². The minimum absolute atomic E-state index is 0.0185. The zero-order valence-electron chi connectivity index (χ0n) is 15.7. The van der Waals surface area contributed by atoms with Gasteiger partial charge in [-0.25, -0.2) is 4.99 Å². The number of amides is 2. The van der Waals surface area contributed by atoms with Crippen LogP contribution in [0.15, 0.2) is 53.2 Å². The number of aliphatic hydroxyl groups is 1. The Morgan fingerprint density at radius 3 is 2.93 bits per heavy atom. The molecule has 3 heterocycles. The van der Waals surface area contributed by atoms with Gasteiger partial charge in [0.15, 0.2) is 5.70 Å². The van der Waals surface area contributed by atoms with Gasteiger partial charge in [-0.3, -0.25) is 9.59 Å². The Labute approximate surface area is 167 Å². The fourth-order valence-corrected chi connectivity index (χ4v) is 3.48. The van der Waals surface area contributed by atoms with Gasteiger partial charge in [0.05, 0.1) is 5.71 Å². The Hall–Kier alpha value is -3.77. The molecule has 2 amide bonds. The maximum atomic E-state index is 12.1. The van der Waals surface area contributed by atoms with Crippen LogP contribution in [0.25, 0.3) is 0 Å². The van der Waals surface area contributed by atoms with E-state index in [-0.39, 0.29) is 24.1 Å². The molecule has 0 bridgehead atoms. The van der Waals surface area contributed by atoms with Crippen molar-refractivity contribution in [3.8, 4) is 11.8 Å². The lowest BCUT2D eigenvalue weighted by Gasteiger charge is -2.31. The Bertz CT molecular complexity index is 1060. The highest BCUT2D eigenvalue weighted by molar-refractivity contribution is 6.09. The number of primary amides is 1. The highest BCUT2D eigenvalue weighted by atomic mass is 16.3. The third kappa shape index (κ3) is 3.09. The van der Waals surface area contributed by atoms with Crippen molar-refractivity contribution < 1.29 is 14.7 Å². The molecule has 9 heteroatoms. The number of fused-ring (bicyclic) bond motifs is 1. The number of carbonyl (C=O) groups excluding carboxylic acids is 2. The van der Waals surface area contributed by atoms with E-state index < -0.39 is 17.4 Å².